The van der Waals surface area contributed by atoms with Crippen LogP contribution in [0.2, 0.25) is 0 Å². The van der Waals surface area contributed by atoms with Gasteiger partial charge in [-0.1, -0.05) is 362 Å². The number of anilines is 2. The molecule has 3 atom stereocenters. The van der Waals surface area contributed by atoms with Crippen molar-refractivity contribution in [3.63, 3.8) is 0 Å². The molecule has 18 heteroatoms. The van der Waals surface area contributed by atoms with Crippen molar-refractivity contribution in [3.05, 3.63) is 177 Å². The van der Waals surface area contributed by atoms with Gasteiger partial charge in [0.25, 0.3) is 24.2 Å². The molecule has 111 heavy (non-hydrogen) atoms. The fourth-order valence-corrected chi connectivity index (χ4v) is 17.3. The molecule has 0 radical (unpaired) electrons. The minimum Gasteiger partial charge on any atom is -1.00 e. The minimum absolute atomic E-state index is 0. The molecule has 11 nitrogen and oxygen atoms in total. The number of hydrogen-bond acceptors (Lipinski definition) is 7. The molecule has 0 saturated carbocycles. The molecule has 0 bridgehead atoms. The number of rotatable bonds is 46. The maximum absolute atomic E-state index is 15.0. The van der Waals surface area contributed by atoms with Crippen LogP contribution in [0.5, 0.6) is 5.88 Å². The number of H-pyrrole nitrogens is 1. The Kier molecular flexibility index (Phi) is 50.4. The van der Waals surface area contributed by atoms with Crippen molar-refractivity contribution < 1.29 is 139 Å². The predicted octanol–water partition coefficient (Wildman–Crippen LogP) is 18.7. The molecule has 0 saturated heterocycles. The zero-order valence-corrected chi connectivity index (χ0v) is 82.2. The fraction of sp³-hybridized carbons (Fsp3) is 0.516. The summed E-state index contributed by atoms with van der Waals surface area (Å²) in [5.41, 5.74) is 9.06. The number of nitrogens with zero attached hydrogens (tertiary/aromatic N) is 3. The van der Waals surface area contributed by atoms with Gasteiger partial charge in [-0.2, -0.15) is 0 Å². The normalized spacial score (nSPS) is 13.4. The van der Waals surface area contributed by atoms with Crippen LogP contribution in [0.4, 0.5) is 11.4 Å². The van der Waals surface area contributed by atoms with E-state index in [0.717, 1.165) is 134 Å². The summed E-state index contributed by atoms with van der Waals surface area (Å²) in [6.45, 7) is 15.0. The number of aromatic nitrogens is 1. The number of halogens is 5. The molecule has 1 aromatic heterocycles. The molecule has 0 spiro atoms. The topological polar surface area (TPSA) is 155 Å². The first-order chi connectivity index (χ1) is 53.1. The Labute approximate surface area is 793 Å². The summed E-state index contributed by atoms with van der Waals surface area (Å²) in [7, 11) is 0. The second kappa shape index (κ2) is 56.3. The number of aromatic hydroxyl groups is 1. The van der Waals surface area contributed by atoms with E-state index in [1.165, 1.54) is 211 Å². The molecule has 7 aromatic rings. The van der Waals surface area contributed by atoms with Gasteiger partial charge in [0, 0.05) is 62.9 Å². The summed E-state index contributed by atoms with van der Waals surface area (Å²) < 4.78 is 3.90. The molecule has 4 heterocycles. The van der Waals surface area contributed by atoms with Crippen molar-refractivity contribution >= 4 is 143 Å². The maximum atomic E-state index is 15.0. The number of amides is 3. The first-order valence-electron chi connectivity index (χ1n) is 41.5. The summed E-state index contributed by atoms with van der Waals surface area (Å²) >= 11 is 17.8. The smallest absolute Gasteiger partial charge is 1.00 e. The van der Waals surface area contributed by atoms with Crippen molar-refractivity contribution in [3.8, 4) is 17.0 Å². The van der Waals surface area contributed by atoms with Crippen LogP contribution in [0.1, 0.15) is 291 Å². The van der Waals surface area contributed by atoms with Crippen LogP contribution in [-0.4, -0.2) is 52.7 Å². The first-order valence-corrected chi connectivity index (χ1v) is 45.8. The van der Waals surface area contributed by atoms with Crippen LogP contribution < -0.4 is 139 Å². The maximum Gasteiger partial charge on any atom is 1.00 e. The van der Waals surface area contributed by atoms with Crippen molar-refractivity contribution in [2.24, 2.45) is 22.7 Å². The monoisotopic (exact) mass is 1880 g/mol. The van der Waals surface area contributed by atoms with Gasteiger partial charge in [-0.15, -0.1) is 0 Å². The summed E-state index contributed by atoms with van der Waals surface area (Å²) in [5, 5.41) is 24.3. The summed E-state index contributed by atoms with van der Waals surface area (Å²) in [6, 6.07) is 40.0. The van der Waals surface area contributed by atoms with Gasteiger partial charge in [0.05, 0.1) is 39.0 Å². The fourth-order valence-electron chi connectivity index (χ4n) is 15.6. The van der Waals surface area contributed by atoms with E-state index in [4.69, 9.17) is 10.1 Å². The molecule has 0 fully saturated rings. The van der Waals surface area contributed by atoms with E-state index in [2.05, 4.69) is 182 Å². The molecular weight excluding hydrogens is 1760 g/mol. The summed E-state index contributed by atoms with van der Waals surface area (Å²) in [5.74, 6) is 1.85. The van der Waals surface area contributed by atoms with Gasteiger partial charge in [-0.25, -0.2) is 4.99 Å². The number of alkyl halides is 1. The van der Waals surface area contributed by atoms with Gasteiger partial charge < -0.3 is 31.5 Å². The minimum atomic E-state index is -0.251. The molecule has 594 valence electrons. The van der Waals surface area contributed by atoms with E-state index in [-0.39, 0.29) is 134 Å². The van der Waals surface area contributed by atoms with Crippen LogP contribution in [0.25, 0.3) is 38.7 Å². The number of carbonyl (C=O) groups excluding carboxylic acids is 4. The molecular formula is C93H123Br5K2N4O7. The van der Waals surface area contributed by atoms with Gasteiger partial charge in [0.15, 0.2) is 5.88 Å². The standard InChI is InChI=1S/C54H76Br2N2O2.C22H12Br2N2O2.C16H33Br.CH2O3.2K.H/c1-5-9-13-17-19-23-27-41(25-21-15-11-7-3)39-57-49-37-48-50(38-47(49)51(53(57)59)43-29-33-45(55)34-30-43)58(54(60)52(48)44-31-35-46(56)36-32-44)40-42(26-22-16-12-8-4)28-24-20-18-14-10-6-2;23-13-5-1-11(2-6-13)19-15-9-18-16(10-17(15)25-21(19)27)20(22(28)26-18)12-3-7-14(24)8-4-12;1-3-5-7-9-10-12-14-16(15-17)13-11-8-6-4-2;2-1-4-3;;;/h29-38,41-42H,5-28,39-40H2,1-4H3;1-10,25,27H;16H,3-15H2,1-2H3;1,3H;;;/q;;;;2*+1;-1/p-1. The first kappa shape index (κ1) is 99.4. The van der Waals surface area contributed by atoms with E-state index in [0.29, 0.717) is 28.3 Å². The molecule has 3 amide bonds. The van der Waals surface area contributed by atoms with Crippen LogP contribution in [0, 0.1) is 17.8 Å². The number of nitrogens with one attached hydrogen (secondary N) is 1. The van der Waals surface area contributed by atoms with Crippen molar-refractivity contribution in [1.29, 1.82) is 0 Å². The quantitative estimate of drug-likeness (QED) is 0.00961. The van der Waals surface area contributed by atoms with E-state index in [1.54, 1.807) is 0 Å². The average molecular weight is 1890 g/mol. The van der Waals surface area contributed by atoms with Gasteiger partial charge in [-0.05, 0) is 151 Å². The molecule has 3 aliphatic rings. The Morgan fingerprint density at radius 1 is 0.432 bits per heavy atom. The Morgan fingerprint density at radius 2 is 0.730 bits per heavy atom. The second-order valence-corrected chi connectivity index (χ2v) is 34.5. The van der Waals surface area contributed by atoms with Gasteiger partial charge in [0.1, 0.15) is 0 Å². The molecule has 3 unspecified atom stereocenters. The SMILES string of the molecule is CCCCCCCCC(CBr)CCCCCC.CCCCCCCCC(CCCCCC)CN1C(=O)C(c2ccc(Br)cc2)=c2cc3c(cc21)=C(c1ccc(Br)cc1)C(=O)N3CC(CCCCCC)CCCCCCCC.O=C1N=c2cc3c(-c4ccc(Br)cc4)c(O)[nH]c3cc2=C1c1ccc(Br)cc1.O=CO[O-].[H-].[K+].[K+]. The van der Waals surface area contributed by atoms with E-state index < -0.39 is 0 Å². The average Bonchev–Trinajstić information content (AvgIpc) is 1.57. The number of unbranched alkanes of at least 4 members (excludes halogenated alkanes) is 24. The third-order valence-corrected chi connectivity index (χ3v) is 24.7. The summed E-state index contributed by atoms with van der Waals surface area (Å²) in [4.78, 5) is 65.4. The van der Waals surface area contributed by atoms with Crippen LogP contribution >= 0.6 is 79.6 Å². The van der Waals surface area contributed by atoms with Gasteiger partial charge >= 0.3 is 103 Å². The number of aromatic amines is 1. The third kappa shape index (κ3) is 31.8. The Morgan fingerprint density at radius 3 is 1.05 bits per heavy atom. The van der Waals surface area contributed by atoms with Gasteiger partial charge in [0.2, 0.25) is 0 Å². The van der Waals surface area contributed by atoms with E-state index in [1.807, 2.05) is 84.9 Å². The number of benzene rings is 6. The molecule has 10 rings (SSSR count). The van der Waals surface area contributed by atoms with Crippen LogP contribution in [0.3, 0.4) is 0 Å². The molecule has 2 N–H and O–H groups in total. The zero-order chi connectivity index (χ0) is 78.3. The number of carbonyl (C=O) groups is 4. The van der Waals surface area contributed by atoms with Crippen LogP contribution in [0.15, 0.2) is 144 Å². The molecule has 6 aromatic carbocycles. The number of fused-ring (bicyclic) bond motifs is 4. The van der Waals surface area contributed by atoms with Crippen molar-refractivity contribution in [1.82, 2.24) is 4.98 Å². The largest absolute Gasteiger partial charge is 1.00 e. The van der Waals surface area contributed by atoms with Gasteiger partial charge in [-0.3, -0.25) is 19.2 Å². The third-order valence-electron chi connectivity index (χ3n) is 21.7. The van der Waals surface area contributed by atoms with Crippen LogP contribution in [-0.2, 0) is 24.1 Å². The number of hydrogen-bond donors (Lipinski definition) is 2. The summed E-state index contributed by atoms with van der Waals surface area (Å²) in [6.07, 6.45) is 47.0. The molecule has 3 aliphatic heterocycles. The van der Waals surface area contributed by atoms with Crippen molar-refractivity contribution in [2.75, 3.05) is 28.2 Å². The van der Waals surface area contributed by atoms with Crippen molar-refractivity contribution in [2.45, 2.75) is 273 Å². The Balaban J connectivity index is 0.000000416. The molecule has 0 aliphatic carbocycles. The Hall–Kier alpha value is -2.22. The predicted molar refractivity (Wildman–Crippen MR) is 472 cm³/mol. The Bertz CT molecular complexity index is 4060. The zero-order valence-electron chi connectivity index (χ0n) is 69.1. The van der Waals surface area contributed by atoms with E-state index >= 15 is 9.59 Å². The van der Waals surface area contributed by atoms with E-state index in [9.17, 15) is 9.90 Å². The second-order valence-electron chi connectivity index (χ2n) is 30.2.